The van der Waals surface area contributed by atoms with E-state index in [-0.39, 0.29) is 36.0 Å². The van der Waals surface area contributed by atoms with Crippen LogP contribution in [0.1, 0.15) is 81.6 Å². The van der Waals surface area contributed by atoms with Crippen LogP contribution in [0.3, 0.4) is 0 Å². The van der Waals surface area contributed by atoms with Gasteiger partial charge in [-0.3, -0.25) is 9.59 Å². The number of carbonyl (C=O) groups excluding carboxylic acids is 4. The molecule has 4 atom stereocenters. The van der Waals surface area contributed by atoms with Crippen molar-refractivity contribution < 1.29 is 28.7 Å². The number of carbonyl (C=O) groups is 4. The molecule has 43 heavy (non-hydrogen) atoms. The Balaban J connectivity index is 2.70. The molecule has 0 aromatic carbocycles. The van der Waals surface area contributed by atoms with Gasteiger partial charge in [0.2, 0.25) is 11.8 Å². The van der Waals surface area contributed by atoms with E-state index >= 15 is 0 Å². The number of alkyl carbamates (subject to hydrolysis) is 1. The average molecular weight is 598 g/mol. The summed E-state index contributed by atoms with van der Waals surface area (Å²) in [6, 6.07) is -0.823. The van der Waals surface area contributed by atoms with E-state index in [2.05, 4.69) is 16.0 Å². The van der Waals surface area contributed by atoms with Crippen molar-refractivity contribution in [3.05, 3.63) is 72.0 Å². The molecule has 0 saturated carbocycles. The van der Waals surface area contributed by atoms with Gasteiger partial charge in [0, 0.05) is 42.9 Å². The third kappa shape index (κ3) is 15.2. The van der Waals surface area contributed by atoms with Crippen LogP contribution in [0.5, 0.6) is 0 Å². The molecule has 0 aromatic heterocycles. The summed E-state index contributed by atoms with van der Waals surface area (Å²) in [5, 5.41) is 8.23. The molecule has 0 radical (unpaired) electrons. The maximum atomic E-state index is 13.0. The molecule has 3 amide bonds. The smallest absolute Gasteiger partial charge is 0.407 e. The molecule has 3 N–H and O–H groups in total. The van der Waals surface area contributed by atoms with Crippen LogP contribution in [0.4, 0.5) is 4.79 Å². The highest BCUT2D eigenvalue weighted by Crippen LogP contribution is 2.22. The molecule has 0 fully saturated rings. The maximum Gasteiger partial charge on any atom is 0.407 e. The number of nitrogens with one attached hydrogen (secondary N) is 3. The van der Waals surface area contributed by atoms with E-state index in [1.807, 2.05) is 85.8 Å². The van der Waals surface area contributed by atoms with Gasteiger partial charge in [-0.2, -0.15) is 0 Å². The first-order valence-electron chi connectivity index (χ1n) is 14.9. The standard InChI is InChI=1S/C34H51N3O6/c1-10-11-16-27(42-33(41)36-23(2)3)17-14-21-35-31(39)30(34(7,8)9)37-29(38)18-13-12-15-24(4)22-26(6)28-20-19-25(5)32(40)43-28/h10-15,18-19,21-23,26-28,30H,16-17,20H2,1-9H3,(H,35,39)(H,36,41)(H,37,38)/b11-10-,15-12-,18-13-,21-14-,24-22+/t26-,27-,28-,30+/m0/s1. The van der Waals surface area contributed by atoms with Gasteiger partial charge in [0.25, 0.3) is 0 Å². The predicted molar refractivity (Wildman–Crippen MR) is 171 cm³/mol. The average Bonchev–Trinajstić information content (AvgIpc) is 2.90. The monoisotopic (exact) mass is 597 g/mol. The van der Waals surface area contributed by atoms with Crippen molar-refractivity contribution in [2.45, 2.75) is 106 Å². The Hall–Kier alpha value is -3.88. The van der Waals surface area contributed by atoms with Crippen molar-refractivity contribution in [1.29, 1.82) is 0 Å². The zero-order valence-corrected chi connectivity index (χ0v) is 27.2. The lowest BCUT2D eigenvalue weighted by molar-refractivity contribution is -0.147. The van der Waals surface area contributed by atoms with Crippen LogP contribution in [-0.4, -0.2) is 48.2 Å². The summed E-state index contributed by atoms with van der Waals surface area (Å²) < 4.78 is 11.0. The third-order valence-corrected chi connectivity index (χ3v) is 6.54. The SMILES string of the molecule is C/C=C\C[C@@H](C/C=C\NC(=O)[C@@H](NC(=O)\C=C/C=C\C(C)=C\[C@H](C)[C@@H]1CC=C(C)C(=O)O1)C(C)(C)C)OC(=O)NC(C)C. The van der Waals surface area contributed by atoms with E-state index in [0.29, 0.717) is 24.8 Å². The summed E-state index contributed by atoms with van der Waals surface area (Å²) in [5.74, 6) is -0.985. The minimum absolute atomic E-state index is 0.0343. The van der Waals surface area contributed by atoms with E-state index in [4.69, 9.17) is 9.47 Å². The number of hydrogen-bond acceptors (Lipinski definition) is 6. The van der Waals surface area contributed by atoms with Crippen LogP contribution in [-0.2, 0) is 23.9 Å². The highest BCUT2D eigenvalue weighted by Gasteiger charge is 2.32. The first-order chi connectivity index (χ1) is 20.1. The first-order valence-corrected chi connectivity index (χ1v) is 14.9. The Morgan fingerprint density at radius 1 is 1.07 bits per heavy atom. The Bertz CT molecular complexity index is 1140. The normalized spacial score (nSPS) is 18.6. The number of hydrogen-bond donors (Lipinski definition) is 3. The van der Waals surface area contributed by atoms with Crippen molar-refractivity contribution in [2.24, 2.45) is 11.3 Å². The largest absolute Gasteiger partial charge is 0.458 e. The van der Waals surface area contributed by atoms with Gasteiger partial charge in [-0.25, -0.2) is 9.59 Å². The quantitative estimate of drug-likeness (QED) is 0.0982. The molecule has 0 saturated heterocycles. The van der Waals surface area contributed by atoms with E-state index in [1.165, 1.54) is 12.3 Å². The fraction of sp³-hybridized carbons (Fsp3) is 0.529. The van der Waals surface area contributed by atoms with Gasteiger partial charge in [-0.1, -0.05) is 81.9 Å². The van der Waals surface area contributed by atoms with Crippen molar-refractivity contribution in [1.82, 2.24) is 16.0 Å². The lowest BCUT2D eigenvalue weighted by Gasteiger charge is -2.29. The fourth-order valence-electron chi connectivity index (χ4n) is 4.12. The van der Waals surface area contributed by atoms with Crippen LogP contribution in [0, 0.1) is 11.3 Å². The Morgan fingerprint density at radius 2 is 1.72 bits per heavy atom. The summed E-state index contributed by atoms with van der Waals surface area (Å²) in [4.78, 5) is 49.4. The second kappa shape index (κ2) is 18.6. The number of esters is 1. The molecular formula is C34H51N3O6. The molecule has 0 spiro atoms. The van der Waals surface area contributed by atoms with E-state index in [0.717, 1.165) is 5.57 Å². The molecule has 0 unspecified atom stereocenters. The topological polar surface area (TPSA) is 123 Å². The minimum atomic E-state index is -0.788. The molecule has 0 bridgehead atoms. The molecule has 1 heterocycles. The highest BCUT2D eigenvalue weighted by atomic mass is 16.6. The van der Waals surface area contributed by atoms with Gasteiger partial charge < -0.3 is 25.4 Å². The maximum absolute atomic E-state index is 13.0. The number of cyclic esters (lactones) is 1. The van der Waals surface area contributed by atoms with Gasteiger partial charge in [-0.15, -0.1) is 0 Å². The summed E-state index contributed by atoms with van der Waals surface area (Å²) in [7, 11) is 0. The Kier molecular flexibility index (Phi) is 16.1. The molecule has 9 nitrogen and oxygen atoms in total. The van der Waals surface area contributed by atoms with Crippen LogP contribution >= 0.6 is 0 Å². The van der Waals surface area contributed by atoms with E-state index in [9.17, 15) is 19.2 Å². The van der Waals surface area contributed by atoms with Crippen molar-refractivity contribution in [3.63, 3.8) is 0 Å². The molecule has 9 heteroatoms. The lowest BCUT2D eigenvalue weighted by atomic mass is 9.86. The zero-order valence-electron chi connectivity index (χ0n) is 27.2. The number of allylic oxidation sites excluding steroid dienone is 5. The molecule has 238 valence electrons. The second-order valence-electron chi connectivity index (χ2n) is 12.1. The number of rotatable bonds is 14. The summed E-state index contributed by atoms with van der Waals surface area (Å²) in [6.07, 6.45) is 18.2. The van der Waals surface area contributed by atoms with E-state index in [1.54, 1.807) is 25.2 Å². The molecule has 1 aliphatic heterocycles. The number of amides is 3. The highest BCUT2D eigenvalue weighted by molar-refractivity contribution is 5.93. The summed E-state index contributed by atoms with van der Waals surface area (Å²) in [6.45, 7) is 16.9. The third-order valence-electron chi connectivity index (χ3n) is 6.54. The molecule has 0 aliphatic carbocycles. The lowest BCUT2D eigenvalue weighted by Crippen LogP contribution is -2.52. The van der Waals surface area contributed by atoms with Crippen LogP contribution in [0.2, 0.25) is 0 Å². The van der Waals surface area contributed by atoms with Gasteiger partial charge >= 0.3 is 12.1 Å². The first kappa shape index (κ1) is 37.1. The van der Waals surface area contributed by atoms with Gasteiger partial charge in [0.05, 0.1) is 0 Å². The van der Waals surface area contributed by atoms with Crippen molar-refractivity contribution in [3.8, 4) is 0 Å². The van der Waals surface area contributed by atoms with Gasteiger partial charge in [-0.05, 0) is 46.2 Å². The van der Waals surface area contributed by atoms with E-state index < -0.39 is 23.5 Å². The van der Waals surface area contributed by atoms with Crippen LogP contribution in [0.15, 0.2) is 72.0 Å². The second-order valence-corrected chi connectivity index (χ2v) is 12.1. The summed E-state index contributed by atoms with van der Waals surface area (Å²) >= 11 is 0. The molecule has 0 aromatic rings. The Labute approximate surface area is 257 Å². The van der Waals surface area contributed by atoms with Gasteiger partial charge in [0.1, 0.15) is 18.2 Å². The van der Waals surface area contributed by atoms with Crippen molar-refractivity contribution in [2.75, 3.05) is 0 Å². The molecule has 1 rings (SSSR count). The zero-order chi connectivity index (χ0) is 32.6. The summed E-state index contributed by atoms with van der Waals surface area (Å²) in [5.41, 5.74) is 1.06. The fourth-order valence-corrected chi connectivity index (χ4v) is 4.12. The number of ether oxygens (including phenoxy) is 2. The molecular weight excluding hydrogens is 546 g/mol. The van der Waals surface area contributed by atoms with Crippen molar-refractivity contribution >= 4 is 23.9 Å². The van der Waals surface area contributed by atoms with Gasteiger partial charge in [0.15, 0.2) is 0 Å². The van der Waals surface area contributed by atoms with Crippen LogP contribution < -0.4 is 16.0 Å². The minimum Gasteiger partial charge on any atom is -0.458 e. The van der Waals surface area contributed by atoms with Crippen LogP contribution in [0.25, 0.3) is 0 Å². The predicted octanol–water partition coefficient (Wildman–Crippen LogP) is 5.96. The molecule has 1 aliphatic rings. The Morgan fingerprint density at radius 3 is 2.33 bits per heavy atom.